The number of aromatic nitrogens is 4. The van der Waals surface area contributed by atoms with Gasteiger partial charge in [0.05, 0.1) is 5.69 Å². The molecule has 1 saturated carbocycles. The topological polar surface area (TPSA) is 103 Å². The summed E-state index contributed by atoms with van der Waals surface area (Å²) >= 11 is 3.79. The Kier molecular flexibility index (Phi) is 12.8. The zero-order valence-electron chi connectivity index (χ0n) is 27.1. The number of hydrogen-bond donors (Lipinski definition) is 2. The summed E-state index contributed by atoms with van der Waals surface area (Å²) in [5.74, 6) is 2.59. The van der Waals surface area contributed by atoms with E-state index in [1.807, 2.05) is 85.3 Å². The Balaban J connectivity index is 0.000000997. The third-order valence-electron chi connectivity index (χ3n) is 7.38. The van der Waals surface area contributed by atoms with Crippen molar-refractivity contribution < 1.29 is 9.63 Å². The fourth-order valence-electron chi connectivity index (χ4n) is 5.08. The summed E-state index contributed by atoms with van der Waals surface area (Å²) in [4.78, 5) is 34.7. The number of oxime groups is 1. The molecule has 0 unspecified atom stereocenters. The van der Waals surface area contributed by atoms with Gasteiger partial charge in [0, 0.05) is 24.1 Å². The van der Waals surface area contributed by atoms with Crippen LogP contribution in [0.2, 0.25) is 0 Å². The molecule has 5 rings (SSSR count). The Bertz CT molecular complexity index is 1620. The number of hydrogen-bond acceptors (Lipinski definition) is 7. The van der Waals surface area contributed by atoms with Crippen LogP contribution in [-0.4, -0.2) is 44.3 Å². The third-order valence-corrected chi connectivity index (χ3v) is 7.38. The highest BCUT2D eigenvalue weighted by molar-refractivity contribution is 7.80. The number of fused-ring (bicyclic) bond motifs is 1. The van der Waals surface area contributed by atoms with Crippen molar-refractivity contribution in [2.75, 3.05) is 12.9 Å². The van der Waals surface area contributed by atoms with Crippen LogP contribution in [0.4, 0.5) is 0 Å². The number of nitrogens with zero attached hydrogens (tertiary/aromatic N) is 5. The minimum Gasteiger partial charge on any atom is -0.397 e. The van der Waals surface area contributed by atoms with Gasteiger partial charge in [0.25, 0.3) is 5.56 Å². The van der Waals surface area contributed by atoms with E-state index in [2.05, 4.69) is 47.0 Å². The minimum absolute atomic E-state index is 0.0289. The number of amidine groups is 1. The second-order valence-corrected chi connectivity index (χ2v) is 11.5. The summed E-state index contributed by atoms with van der Waals surface area (Å²) in [6.45, 7) is 12.9. The number of benzene rings is 2. The average molecular weight is 619 g/mol. The van der Waals surface area contributed by atoms with Gasteiger partial charge in [-0.2, -0.15) is 22.7 Å². The van der Waals surface area contributed by atoms with Gasteiger partial charge >= 0.3 is 0 Å². The van der Waals surface area contributed by atoms with Crippen LogP contribution < -0.4 is 10.9 Å². The SMILES string of the molecule is CC.CCCc1c(Cc2ccc(-c3ccccc3/C(=N/OC)NC=O)cc2)c(=O)n(CC2(C)CC2)c2nc(C)nn12.CCS. The van der Waals surface area contributed by atoms with Gasteiger partial charge in [-0.1, -0.05) is 94.7 Å². The van der Waals surface area contributed by atoms with E-state index in [9.17, 15) is 9.59 Å². The Morgan fingerprint density at radius 3 is 2.39 bits per heavy atom. The highest BCUT2D eigenvalue weighted by atomic mass is 32.1. The largest absolute Gasteiger partial charge is 0.397 e. The first-order chi connectivity index (χ1) is 21.3. The summed E-state index contributed by atoms with van der Waals surface area (Å²) in [5.41, 5.74) is 5.52. The molecule has 1 fully saturated rings. The quantitative estimate of drug-likeness (QED) is 0.0722. The van der Waals surface area contributed by atoms with Gasteiger partial charge in [0.1, 0.15) is 12.9 Å². The lowest BCUT2D eigenvalue weighted by Crippen LogP contribution is -2.31. The Morgan fingerprint density at radius 2 is 1.80 bits per heavy atom. The third kappa shape index (κ3) is 8.16. The lowest BCUT2D eigenvalue weighted by Gasteiger charge is -2.17. The smallest absolute Gasteiger partial charge is 0.258 e. The van der Waals surface area contributed by atoms with E-state index in [4.69, 9.17) is 4.84 Å². The van der Waals surface area contributed by atoms with Crippen LogP contribution in [0.3, 0.4) is 0 Å². The molecule has 0 saturated heterocycles. The molecule has 2 aromatic heterocycles. The van der Waals surface area contributed by atoms with Crippen LogP contribution in [0.5, 0.6) is 0 Å². The lowest BCUT2D eigenvalue weighted by molar-refractivity contribution is -0.108. The number of rotatable bonds is 10. The normalized spacial score (nSPS) is 13.3. The zero-order valence-corrected chi connectivity index (χ0v) is 27.9. The van der Waals surface area contributed by atoms with E-state index in [1.165, 1.54) is 7.11 Å². The molecule has 2 heterocycles. The summed E-state index contributed by atoms with van der Waals surface area (Å²) in [5, 5.41) is 11.3. The van der Waals surface area contributed by atoms with Crippen molar-refractivity contribution >= 4 is 30.7 Å². The summed E-state index contributed by atoms with van der Waals surface area (Å²) in [6.07, 6.45) is 4.97. The molecule has 0 spiro atoms. The molecule has 4 aromatic rings. The first-order valence-electron chi connectivity index (χ1n) is 15.4. The fourth-order valence-corrected chi connectivity index (χ4v) is 5.08. The monoisotopic (exact) mass is 618 g/mol. The molecular formula is C34H46N6O3S. The van der Waals surface area contributed by atoms with Gasteiger partial charge in [0.15, 0.2) is 5.84 Å². The molecular weight excluding hydrogens is 572 g/mol. The van der Waals surface area contributed by atoms with Crippen LogP contribution in [-0.2, 0) is 29.0 Å². The summed E-state index contributed by atoms with van der Waals surface area (Å²) < 4.78 is 3.73. The van der Waals surface area contributed by atoms with E-state index < -0.39 is 0 Å². The maximum absolute atomic E-state index is 14.0. The molecule has 1 N–H and O–H groups in total. The average Bonchev–Trinajstić information content (AvgIpc) is 3.63. The Morgan fingerprint density at radius 1 is 1.14 bits per heavy atom. The van der Waals surface area contributed by atoms with E-state index in [0.29, 0.717) is 36.8 Å². The predicted molar refractivity (Wildman–Crippen MR) is 182 cm³/mol. The van der Waals surface area contributed by atoms with E-state index in [0.717, 1.165) is 64.9 Å². The van der Waals surface area contributed by atoms with Crippen molar-refractivity contribution in [3.63, 3.8) is 0 Å². The molecule has 10 heteroatoms. The van der Waals surface area contributed by atoms with Gasteiger partial charge in [-0.3, -0.25) is 14.2 Å². The number of amides is 1. The molecule has 44 heavy (non-hydrogen) atoms. The van der Waals surface area contributed by atoms with Gasteiger partial charge in [-0.25, -0.2) is 4.52 Å². The number of thiol groups is 1. The first-order valence-corrected chi connectivity index (χ1v) is 16.0. The Labute approximate surface area is 266 Å². The molecule has 0 bridgehead atoms. The van der Waals surface area contributed by atoms with Gasteiger partial charge in [-0.15, -0.1) is 0 Å². The van der Waals surface area contributed by atoms with Crippen LogP contribution in [0.1, 0.15) is 82.1 Å². The van der Waals surface area contributed by atoms with Gasteiger partial charge in [-0.05, 0) is 54.0 Å². The fraction of sp³-hybridized carbons (Fsp3) is 0.441. The molecule has 236 valence electrons. The maximum atomic E-state index is 14.0. The molecule has 0 radical (unpaired) electrons. The van der Waals surface area contributed by atoms with Gasteiger partial charge < -0.3 is 10.2 Å². The number of aryl methyl sites for hydroxylation is 2. The van der Waals surface area contributed by atoms with Crippen LogP contribution >= 0.6 is 12.6 Å². The predicted octanol–water partition coefficient (Wildman–Crippen LogP) is 6.23. The van der Waals surface area contributed by atoms with Crippen LogP contribution in [0.25, 0.3) is 16.9 Å². The Hall–Kier alpha value is -3.92. The van der Waals surface area contributed by atoms with E-state index in [1.54, 1.807) is 0 Å². The second kappa shape index (κ2) is 16.2. The van der Waals surface area contributed by atoms with Crippen molar-refractivity contribution in [3.05, 3.63) is 87.1 Å². The summed E-state index contributed by atoms with van der Waals surface area (Å²) in [6, 6.07) is 15.8. The van der Waals surface area contributed by atoms with Crippen molar-refractivity contribution in [1.29, 1.82) is 0 Å². The lowest BCUT2D eigenvalue weighted by atomic mass is 9.96. The van der Waals surface area contributed by atoms with Gasteiger partial charge in [0.2, 0.25) is 12.2 Å². The molecule has 0 atom stereocenters. The first kappa shape index (κ1) is 34.6. The van der Waals surface area contributed by atoms with Crippen molar-refractivity contribution in [2.24, 2.45) is 10.6 Å². The number of nitrogens with one attached hydrogen (secondary N) is 1. The van der Waals surface area contributed by atoms with Crippen LogP contribution in [0.15, 0.2) is 58.5 Å². The maximum Gasteiger partial charge on any atom is 0.258 e. The highest BCUT2D eigenvalue weighted by Gasteiger charge is 2.39. The van der Waals surface area contributed by atoms with E-state index in [-0.39, 0.29) is 11.0 Å². The standard InChI is InChI=1S/C30H34N6O3.C2H6S.C2H6/c1-5-8-26-25(28(38)35(18-30(3)15-16-30)29-32-20(2)33-36(26)29)17-21-11-13-22(14-12-21)23-9-6-7-10-24(23)27(31-19-37)34-39-4;1-2-3;1-2/h6-7,9-14,19H,5,8,15-18H2,1-4H3,(H,31,34,37);3H,2H2,1H3;1-2H3. The van der Waals surface area contributed by atoms with Crippen molar-refractivity contribution in [2.45, 2.75) is 80.2 Å². The minimum atomic E-state index is 0.0289. The molecule has 2 aromatic carbocycles. The van der Waals surface area contributed by atoms with Crippen molar-refractivity contribution in [1.82, 2.24) is 24.5 Å². The summed E-state index contributed by atoms with van der Waals surface area (Å²) in [7, 11) is 1.44. The number of carbonyl (C=O) groups is 1. The van der Waals surface area contributed by atoms with Crippen molar-refractivity contribution in [3.8, 4) is 11.1 Å². The zero-order chi connectivity index (χ0) is 32.3. The molecule has 9 nitrogen and oxygen atoms in total. The highest BCUT2D eigenvalue weighted by Crippen LogP contribution is 2.46. The van der Waals surface area contributed by atoms with Crippen LogP contribution in [0, 0.1) is 12.3 Å². The number of carbonyl (C=O) groups excluding carboxylic acids is 1. The van der Waals surface area contributed by atoms with E-state index >= 15 is 0 Å². The molecule has 1 aliphatic carbocycles. The molecule has 0 aliphatic heterocycles. The molecule has 1 aliphatic rings. The second-order valence-electron chi connectivity index (χ2n) is 10.9. The molecule has 1 amide bonds.